The van der Waals surface area contributed by atoms with Gasteiger partial charge in [-0.15, -0.1) is 0 Å². The molecule has 0 aliphatic carbocycles. The van der Waals surface area contributed by atoms with E-state index in [9.17, 15) is 0 Å². The lowest BCUT2D eigenvalue weighted by Crippen LogP contribution is -2.28. The number of nitrogens with two attached hydrogens (primary N) is 1. The lowest BCUT2D eigenvalue weighted by Gasteiger charge is -2.19. The van der Waals surface area contributed by atoms with E-state index in [1.54, 1.807) is 7.11 Å². The van der Waals surface area contributed by atoms with Gasteiger partial charge >= 0.3 is 0 Å². The second-order valence-corrected chi connectivity index (χ2v) is 4.03. The van der Waals surface area contributed by atoms with Gasteiger partial charge in [0, 0.05) is 5.02 Å². The number of anilines is 1. The highest BCUT2D eigenvalue weighted by Crippen LogP contribution is 2.39. The number of halogens is 1. The van der Waals surface area contributed by atoms with Crippen LogP contribution in [0, 0.1) is 20.8 Å². The first kappa shape index (κ1) is 13.1. The Morgan fingerprint density at radius 3 is 2.31 bits per heavy atom. The standard InChI is InChI=1S/C11H18ClN3O/c1-6-7(2)11(16-4)10(14-5-15-13)8(3)9(6)12/h14-15H,5,13H2,1-4H3. The van der Waals surface area contributed by atoms with Crippen LogP contribution in [0.4, 0.5) is 5.69 Å². The average molecular weight is 244 g/mol. The topological polar surface area (TPSA) is 59.3 Å². The molecule has 0 amide bonds. The summed E-state index contributed by atoms with van der Waals surface area (Å²) in [5, 5.41) is 3.91. The van der Waals surface area contributed by atoms with Crippen LogP contribution in [0.5, 0.6) is 5.75 Å². The lowest BCUT2D eigenvalue weighted by molar-refractivity contribution is 0.412. The maximum absolute atomic E-state index is 6.25. The van der Waals surface area contributed by atoms with Gasteiger partial charge in [0.1, 0.15) is 5.75 Å². The highest BCUT2D eigenvalue weighted by atomic mass is 35.5. The zero-order chi connectivity index (χ0) is 12.3. The Morgan fingerprint density at radius 2 is 1.81 bits per heavy atom. The van der Waals surface area contributed by atoms with Crippen molar-refractivity contribution in [2.75, 3.05) is 19.1 Å². The van der Waals surface area contributed by atoms with Crippen molar-refractivity contribution < 1.29 is 4.74 Å². The van der Waals surface area contributed by atoms with E-state index in [-0.39, 0.29) is 0 Å². The van der Waals surface area contributed by atoms with Gasteiger partial charge in [0.05, 0.1) is 19.5 Å². The van der Waals surface area contributed by atoms with E-state index in [0.29, 0.717) is 6.67 Å². The van der Waals surface area contributed by atoms with Crippen LogP contribution >= 0.6 is 11.6 Å². The summed E-state index contributed by atoms with van der Waals surface area (Å²) in [7, 11) is 1.65. The van der Waals surface area contributed by atoms with Crippen LogP contribution in [0.15, 0.2) is 0 Å². The van der Waals surface area contributed by atoms with E-state index in [1.807, 2.05) is 20.8 Å². The largest absolute Gasteiger partial charge is 0.494 e. The first-order valence-corrected chi connectivity index (χ1v) is 5.43. The SMILES string of the molecule is COc1c(C)c(C)c(Cl)c(C)c1NCNN. The van der Waals surface area contributed by atoms with E-state index in [2.05, 4.69) is 10.7 Å². The summed E-state index contributed by atoms with van der Waals surface area (Å²) >= 11 is 6.25. The summed E-state index contributed by atoms with van der Waals surface area (Å²) < 4.78 is 5.40. The van der Waals surface area contributed by atoms with Gasteiger partial charge in [-0.2, -0.15) is 0 Å². The fourth-order valence-electron chi connectivity index (χ4n) is 1.69. The zero-order valence-electron chi connectivity index (χ0n) is 10.1. The summed E-state index contributed by atoms with van der Waals surface area (Å²) in [4.78, 5) is 0. The number of hydrazine groups is 1. The average Bonchev–Trinajstić information content (AvgIpc) is 2.29. The molecule has 16 heavy (non-hydrogen) atoms. The fourth-order valence-corrected chi connectivity index (χ4v) is 1.93. The number of rotatable bonds is 4. The third-order valence-corrected chi connectivity index (χ3v) is 3.30. The third kappa shape index (κ3) is 2.24. The summed E-state index contributed by atoms with van der Waals surface area (Å²) in [6.45, 7) is 6.38. The summed E-state index contributed by atoms with van der Waals surface area (Å²) in [6, 6.07) is 0. The third-order valence-electron chi connectivity index (χ3n) is 2.73. The van der Waals surface area contributed by atoms with Gasteiger partial charge in [-0.05, 0) is 37.5 Å². The molecule has 4 nitrogen and oxygen atoms in total. The number of benzene rings is 1. The first-order chi connectivity index (χ1) is 7.54. The van der Waals surface area contributed by atoms with E-state index in [0.717, 1.165) is 33.1 Å². The molecule has 0 radical (unpaired) electrons. The predicted octanol–water partition coefficient (Wildman–Crippen LogP) is 2.11. The smallest absolute Gasteiger partial charge is 0.145 e. The van der Waals surface area contributed by atoms with Gasteiger partial charge in [-0.3, -0.25) is 5.84 Å². The Kier molecular flexibility index (Phi) is 4.41. The van der Waals surface area contributed by atoms with Crippen molar-refractivity contribution in [1.82, 2.24) is 5.43 Å². The zero-order valence-corrected chi connectivity index (χ0v) is 10.8. The maximum Gasteiger partial charge on any atom is 0.145 e. The van der Waals surface area contributed by atoms with Gasteiger partial charge in [-0.25, -0.2) is 5.43 Å². The molecule has 0 aliphatic rings. The van der Waals surface area contributed by atoms with Crippen LogP contribution in [0.3, 0.4) is 0 Å². The van der Waals surface area contributed by atoms with Gasteiger partial charge in [-0.1, -0.05) is 11.6 Å². The highest BCUT2D eigenvalue weighted by molar-refractivity contribution is 6.32. The monoisotopic (exact) mass is 243 g/mol. The van der Waals surface area contributed by atoms with Gasteiger partial charge in [0.15, 0.2) is 0 Å². The molecule has 0 aromatic heterocycles. The number of ether oxygens (including phenoxy) is 1. The molecular formula is C11H18ClN3O. The molecule has 1 aromatic rings. The molecule has 0 bridgehead atoms. The second kappa shape index (κ2) is 5.39. The minimum absolute atomic E-state index is 0.454. The molecule has 90 valence electrons. The Bertz CT molecular complexity index is 394. The Morgan fingerprint density at radius 1 is 1.19 bits per heavy atom. The molecule has 1 rings (SSSR count). The normalized spacial score (nSPS) is 10.4. The molecule has 4 N–H and O–H groups in total. The second-order valence-electron chi connectivity index (χ2n) is 3.65. The van der Waals surface area contributed by atoms with Crippen LogP contribution in [-0.2, 0) is 0 Å². The maximum atomic E-state index is 6.25. The molecule has 0 spiro atoms. The van der Waals surface area contributed by atoms with Gasteiger partial charge < -0.3 is 10.1 Å². The van der Waals surface area contributed by atoms with Crippen LogP contribution in [0.1, 0.15) is 16.7 Å². The number of hydrogen-bond donors (Lipinski definition) is 3. The minimum atomic E-state index is 0.454. The summed E-state index contributed by atoms with van der Waals surface area (Å²) in [5.74, 6) is 6.05. The van der Waals surface area contributed by atoms with Crippen LogP contribution < -0.4 is 21.3 Å². The van der Waals surface area contributed by atoms with Gasteiger partial charge in [0.2, 0.25) is 0 Å². The lowest BCUT2D eigenvalue weighted by atomic mass is 10.0. The summed E-state index contributed by atoms with van der Waals surface area (Å²) in [6.07, 6.45) is 0. The summed E-state index contributed by atoms with van der Waals surface area (Å²) in [5.41, 5.74) is 6.47. The number of methoxy groups -OCH3 is 1. The van der Waals surface area contributed by atoms with Crippen molar-refractivity contribution in [2.45, 2.75) is 20.8 Å². The number of hydrogen-bond acceptors (Lipinski definition) is 4. The van der Waals surface area contributed by atoms with Crippen molar-refractivity contribution in [3.8, 4) is 5.75 Å². The molecule has 0 atom stereocenters. The molecule has 0 fully saturated rings. The van der Waals surface area contributed by atoms with Gasteiger partial charge in [0.25, 0.3) is 0 Å². The van der Waals surface area contributed by atoms with Crippen LogP contribution in [0.2, 0.25) is 5.02 Å². The van der Waals surface area contributed by atoms with E-state index in [1.165, 1.54) is 0 Å². The first-order valence-electron chi connectivity index (χ1n) is 5.05. The molecule has 0 saturated carbocycles. The van der Waals surface area contributed by atoms with Crippen LogP contribution in [-0.4, -0.2) is 13.8 Å². The van der Waals surface area contributed by atoms with E-state index >= 15 is 0 Å². The Labute approximate surface area is 101 Å². The molecular weight excluding hydrogens is 226 g/mol. The Balaban J connectivity index is 3.33. The minimum Gasteiger partial charge on any atom is -0.494 e. The molecule has 0 aliphatic heterocycles. The molecule has 1 aromatic carbocycles. The van der Waals surface area contributed by atoms with Crippen molar-refractivity contribution in [3.63, 3.8) is 0 Å². The quantitative estimate of drug-likeness (QED) is 0.431. The van der Waals surface area contributed by atoms with Crippen LogP contribution in [0.25, 0.3) is 0 Å². The van der Waals surface area contributed by atoms with Crippen molar-refractivity contribution >= 4 is 17.3 Å². The molecule has 0 unspecified atom stereocenters. The van der Waals surface area contributed by atoms with Crippen molar-refractivity contribution in [3.05, 3.63) is 21.7 Å². The molecule has 5 heteroatoms. The number of nitrogens with one attached hydrogen (secondary N) is 2. The Hall–Kier alpha value is -0.970. The fraction of sp³-hybridized carbons (Fsp3) is 0.455. The van der Waals surface area contributed by atoms with Crippen molar-refractivity contribution in [2.24, 2.45) is 5.84 Å². The van der Waals surface area contributed by atoms with E-state index in [4.69, 9.17) is 22.2 Å². The van der Waals surface area contributed by atoms with E-state index < -0.39 is 0 Å². The van der Waals surface area contributed by atoms with Crippen molar-refractivity contribution in [1.29, 1.82) is 0 Å². The molecule has 0 saturated heterocycles. The highest BCUT2D eigenvalue weighted by Gasteiger charge is 2.16. The molecule has 0 heterocycles. The predicted molar refractivity (Wildman–Crippen MR) is 68.0 cm³/mol.